The quantitative estimate of drug-likeness (QED) is 0.139. The Hall–Kier alpha value is -3.34. The number of rotatable bonds is 14. The minimum Gasteiger partial charge on any atom is -0.477 e. The molecular formula is C27H41NO10. The van der Waals surface area contributed by atoms with Gasteiger partial charge in [0.1, 0.15) is 0 Å². The molecule has 0 aliphatic carbocycles. The minimum atomic E-state index is -2.11. The first-order valence-corrected chi connectivity index (χ1v) is 12.8. The maximum Gasteiger partial charge on any atom is 0.513 e. The van der Waals surface area contributed by atoms with Gasteiger partial charge in [-0.1, -0.05) is 47.6 Å². The zero-order valence-electron chi connectivity index (χ0n) is 23.4. The standard InChI is InChI=1S/C27H41NO10/c1-8-13-34-24(32)36-20-12-11-19(15-21(20)37-25(33)35-14-9-2)16-27(23(30)31,28-18(4)10-3)38-22(29)17-26(5,6)7/h11-12,15,18,28H,8-10,13-14,16-17H2,1-7H3,(H,30,31)/t18?,27-/m0/s1. The van der Waals surface area contributed by atoms with Crippen molar-refractivity contribution in [3.8, 4) is 11.5 Å². The van der Waals surface area contributed by atoms with Crippen molar-refractivity contribution in [2.45, 2.75) is 92.3 Å². The molecule has 1 aromatic carbocycles. The second-order valence-electron chi connectivity index (χ2n) is 10.2. The number of carboxylic acids is 1. The zero-order valence-corrected chi connectivity index (χ0v) is 23.4. The van der Waals surface area contributed by atoms with E-state index in [0.717, 1.165) is 0 Å². The first kappa shape index (κ1) is 32.7. The molecule has 2 N–H and O–H groups in total. The number of carbonyl (C=O) groups excluding carboxylic acids is 3. The van der Waals surface area contributed by atoms with E-state index in [-0.39, 0.29) is 43.6 Å². The highest BCUT2D eigenvalue weighted by Crippen LogP contribution is 2.32. The first-order valence-electron chi connectivity index (χ1n) is 12.8. The van der Waals surface area contributed by atoms with Crippen LogP contribution in [0, 0.1) is 5.41 Å². The third-order valence-corrected chi connectivity index (χ3v) is 5.10. The Morgan fingerprint density at radius 1 is 0.921 bits per heavy atom. The molecule has 11 heteroatoms. The normalized spacial score (nSPS) is 13.6. The van der Waals surface area contributed by atoms with Crippen LogP contribution in [0.3, 0.4) is 0 Å². The Kier molecular flexibility index (Phi) is 13.0. The van der Waals surface area contributed by atoms with Gasteiger partial charge in [0.2, 0.25) is 0 Å². The van der Waals surface area contributed by atoms with E-state index in [1.165, 1.54) is 18.2 Å². The Bertz CT molecular complexity index is 956. The van der Waals surface area contributed by atoms with Crippen molar-refractivity contribution in [3.05, 3.63) is 23.8 Å². The Balaban J connectivity index is 3.43. The average Bonchev–Trinajstić information content (AvgIpc) is 2.81. The summed E-state index contributed by atoms with van der Waals surface area (Å²) in [7, 11) is 0. The number of aliphatic carboxylic acids is 1. The van der Waals surface area contributed by atoms with E-state index in [9.17, 15) is 24.3 Å². The molecule has 214 valence electrons. The summed E-state index contributed by atoms with van der Waals surface area (Å²) in [5.41, 5.74) is -2.22. The topological polar surface area (TPSA) is 147 Å². The molecule has 0 aliphatic rings. The molecule has 0 fully saturated rings. The fraction of sp³-hybridized carbons (Fsp3) is 0.630. The van der Waals surface area contributed by atoms with Gasteiger partial charge in [-0.25, -0.2) is 14.4 Å². The highest BCUT2D eigenvalue weighted by Gasteiger charge is 2.44. The number of carboxylic acid groups (broad SMARTS) is 1. The van der Waals surface area contributed by atoms with Gasteiger partial charge in [0.25, 0.3) is 5.72 Å². The van der Waals surface area contributed by atoms with E-state index < -0.39 is 35.4 Å². The molecule has 38 heavy (non-hydrogen) atoms. The third-order valence-electron chi connectivity index (χ3n) is 5.10. The molecule has 0 heterocycles. The summed E-state index contributed by atoms with van der Waals surface area (Å²) in [6.45, 7) is 13.0. The van der Waals surface area contributed by atoms with Crippen LogP contribution >= 0.6 is 0 Å². The lowest BCUT2D eigenvalue weighted by Crippen LogP contribution is -2.59. The molecule has 1 aromatic rings. The lowest BCUT2D eigenvalue weighted by Gasteiger charge is -2.34. The summed E-state index contributed by atoms with van der Waals surface area (Å²) < 4.78 is 25.9. The smallest absolute Gasteiger partial charge is 0.477 e. The van der Waals surface area contributed by atoms with E-state index in [1.807, 2.05) is 41.5 Å². The third kappa shape index (κ3) is 11.4. The van der Waals surface area contributed by atoms with Crippen molar-refractivity contribution in [1.29, 1.82) is 0 Å². The number of nitrogens with one attached hydrogen (secondary N) is 1. The van der Waals surface area contributed by atoms with E-state index >= 15 is 0 Å². The molecule has 11 nitrogen and oxygen atoms in total. The second kappa shape index (κ2) is 15.2. The van der Waals surface area contributed by atoms with Crippen LogP contribution in [0.15, 0.2) is 18.2 Å². The fourth-order valence-corrected chi connectivity index (χ4v) is 3.18. The van der Waals surface area contributed by atoms with Gasteiger partial charge in [-0.05, 0) is 49.3 Å². The van der Waals surface area contributed by atoms with Crippen LogP contribution in [-0.2, 0) is 30.2 Å². The SMILES string of the molecule is CCCOC(=O)Oc1ccc(C[C@](NC(C)CC)(OC(=O)CC(C)(C)C)C(=O)O)cc1OC(=O)OCCC. The van der Waals surface area contributed by atoms with Gasteiger partial charge >= 0.3 is 24.2 Å². The van der Waals surface area contributed by atoms with Gasteiger partial charge in [0.15, 0.2) is 11.5 Å². The summed E-state index contributed by atoms with van der Waals surface area (Å²) >= 11 is 0. The summed E-state index contributed by atoms with van der Waals surface area (Å²) in [6.07, 6.45) is -0.650. The van der Waals surface area contributed by atoms with Gasteiger partial charge < -0.3 is 28.8 Å². The van der Waals surface area contributed by atoms with Crippen LogP contribution in [0.2, 0.25) is 0 Å². The van der Waals surface area contributed by atoms with Crippen LogP contribution in [0.5, 0.6) is 11.5 Å². The van der Waals surface area contributed by atoms with Gasteiger partial charge in [-0.15, -0.1) is 0 Å². The van der Waals surface area contributed by atoms with Gasteiger partial charge in [-0.3, -0.25) is 10.1 Å². The zero-order chi connectivity index (χ0) is 28.9. The van der Waals surface area contributed by atoms with Crippen molar-refractivity contribution in [1.82, 2.24) is 5.32 Å². The molecule has 0 saturated carbocycles. The van der Waals surface area contributed by atoms with Crippen LogP contribution in [0.1, 0.15) is 79.7 Å². The highest BCUT2D eigenvalue weighted by molar-refractivity contribution is 5.82. The van der Waals surface area contributed by atoms with E-state index in [1.54, 1.807) is 6.92 Å². The molecule has 0 radical (unpaired) electrons. The molecule has 0 aliphatic heterocycles. The summed E-state index contributed by atoms with van der Waals surface area (Å²) in [5, 5.41) is 13.1. The molecule has 1 unspecified atom stereocenters. The van der Waals surface area contributed by atoms with E-state index in [2.05, 4.69) is 5.32 Å². The summed E-state index contributed by atoms with van der Waals surface area (Å²) in [4.78, 5) is 49.4. The number of esters is 1. The average molecular weight is 540 g/mol. The lowest BCUT2D eigenvalue weighted by atomic mass is 9.92. The Morgan fingerprint density at radius 3 is 1.95 bits per heavy atom. The van der Waals surface area contributed by atoms with Crippen molar-refractivity contribution in [3.63, 3.8) is 0 Å². The van der Waals surface area contributed by atoms with Crippen LogP contribution in [-0.4, -0.2) is 54.3 Å². The second-order valence-corrected chi connectivity index (χ2v) is 10.2. The monoisotopic (exact) mass is 539 g/mol. The van der Waals surface area contributed by atoms with Crippen molar-refractivity contribution >= 4 is 24.2 Å². The lowest BCUT2D eigenvalue weighted by molar-refractivity contribution is -0.185. The molecule has 2 atom stereocenters. The Morgan fingerprint density at radius 2 is 1.47 bits per heavy atom. The van der Waals surface area contributed by atoms with Gasteiger partial charge in [0, 0.05) is 12.5 Å². The van der Waals surface area contributed by atoms with E-state index in [4.69, 9.17) is 23.7 Å². The molecule has 0 amide bonds. The van der Waals surface area contributed by atoms with Gasteiger partial charge in [-0.2, -0.15) is 0 Å². The summed E-state index contributed by atoms with van der Waals surface area (Å²) in [6, 6.07) is 3.81. The minimum absolute atomic E-state index is 0.00546. The van der Waals surface area contributed by atoms with Crippen LogP contribution in [0.25, 0.3) is 0 Å². The number of ether oxygens (including phenoxy) is 5. The van der Waals surface area contributed by atoms with Crippen molar-refractivity contribution in [2.75, 3.05) is 13.2 Å². The largest absolute Gasteiger partial charge is 0.513 e. The van der Waals surface area contributed by atoms with Crippen LogP contribution in [0.4, 0.5) is 9.59 Å². The molecule has 0 spiro atoms. The highest BCUT2D eigenvalue weighted by atomic mass is 16.7. The predicted octanol–water partition coefficient (Wildman–Crippen LogP) is 5.23. The van der Waals surface area contributed by atoms with Crippen molar-refractivity contribution < 1.29 is 48.0 Å². The molecule has 0 bridgehead atoms. The first-order chi connectivity index (χ1) is 17.7. The molecule has 0 saturated heterocycles. The van der Waals surface area contributed by atoms with E-state index in [0.29, 0.717) is 24.8 Å². The maximum absolute atomic E-state index is 12.7. The number of hydrogen-bond acceptors (Lipinski definition) is 10. The molecule has 1 rings (SSSR count). The molecule has 0 aromatic heterocycles. The summed E-state index contributed by atoms with van der Waals surface area (Å²) in [5.74, 6) is -2.41. The van der Waals surface area contributed by atoms with Crippen molar-refractivity contribution in [2.24, 2.45) is 5.41 Å². The predicted molar refractivity (Wildman–Crippen MR) is 138 cm³/mol. The van der Waals surface area contributed by atoms with Crippen LogP contribution < -0.4 is 14.8 Å². The fourth-order valence-electron chi connectivity index (χ4n) is 3.18. The number of benzene rings is 1. The Labute approximate surface area is 224 Å². The maximum atomic E-state index is 12.7. The molecular weight excluding hydrogens is 498 g/mol. The number of hydrogen-bond donors (Lipinski definition) is 2. The number of carbonyl (C=O) groups is 4. The van der Waals surface area contributed by atoms with Gasteiger partial charge in [0.05, 0.1) is 19.6 Å².